The van der Waals surface area contributed by atoms with Crippen LogP contribution >= 0.6 is 0 Å². The summed E-state index contributed by atoms with van der Waals surface area (Å²) in [5, 5.41) is 3.01. The van der Waals surface area contributed by atoms with Crippen molar-refractivity contribution in [2.24, 2.45) is 5.92 Å². The molecule has 3 aromatic rings. The number of piperidine rings is 1. The SMILES string of the molecule is Cc1cccc(/C=C/C(=O)Nc2cc(C)cc(-c3ccnc(N4CCC(C)CC4)c3)c2)c1. The van der Waals surface area contributed by atoms with Gasteiger partial charge >= 0.3 is 0 Å². The molecule has 1 saturated heterocycles. The number of carbonyl (C=O) groups excluding carboxylic acids is 1. The van der Waals surface area contributed by atoms with Crippen molar-refractivity contribution < 1.29 is 4.79 Å². The zero-order valence-corrected chi connectivity index (χ0v) is 19.1. The number of carbonyl (C=O) groups is 1. The molecule has 1 N–H and O–H groups in total. The summed E-state index contributed by atoms with van der Waals surface area (Å²) in [5.74, 6) is 1.68. The van der Waals surface area contributed by atoms with Crippen LogP contribution in [0.15, 0.2) is 66.9 Å². The van der Waals surface area contributed by atoms with E-state index in [-0.39, 0.29) is 5.91 Å². The van der Waals surface area contributed by atoms with Crippen molar-refractivity contribution in [3.63, 3.8) is 0 Å². The molecule has 0 unspecified atom stereocenters. The Morgan fingerprint density at radius 3 is 2.59 bits per heavy atom. The summed E-state index contributed by atoms with van der Waals surface area (Å²) in [6, 6.07) is 18.5. The summed E-state index contributed by atoms with van der Waals surface area (Å²) in [7, 11) is 0. The van der Waals surface area contributed by atoms with Crippen LogP contribution in [0.5, 0.6) is 0 Å². The number of nitrogens with one attached hydrogen (secondary N) is 1. The summed E-state index contributed by atoms with van der Waals surface area (Å²) < 4.78 is 0. The summed E-state index contributed by atoms with van der Waals surface area (Å²) in [6.45, 7) is 8.53. The molecular weight excluding hydrogens is 394 g/mol. The van der Waals surface area contributed by atoms with Gasteiger partial charge in [-0.25, -0.2) is 4.98 Å². The fourth-order valence-corrected chi connectivity index (χ4v) is 4.16. The molecule has 0 spiro atoms. The highest BCUT2D eigenvalue weighted by molar-refractivity contribution is 6.02. The minimum absolute atomic E-state index is 0.138. The van der Waals surface area contributed by atoms with E-state index in [9.17, 15) is 4.79 Å². The highest BCUT2D eigenvalue weighted by Crippen LogP contribution is 2.28. The average molecular weight is 426 g/mol. The van der Waals surface area contributed by atoms with E-state index >= 15 is 0 Å². The number of anilines is 2. The van der Waals surface area contributed by atoms with E-state index in [1.807, 2.05) is 55.6 Å². The number of hydrogen-bond acceptors (Lipinski definition) is 3. The molecule has 4 rings (SSSR count). The summed E-state index contributed by atoms with van der Waals surface area (Å²) in [4.78, 5) is 19.5. The van der Waals surface area contributed by atoms with Gasteiger partial charge in [-0.15, -0.1) is 0 Å². The number of rotatable bonds is 5. The lowest BCUT2D eigenvalue weighted by molar-refractivity contribution is -0.111. The maximum absolute atomic E-state index is 12.5. The Kier molecular flexibility index (Phi) is 6.69. The van der Waals surface area contributed by atoms with Gasteiger partial charge in [0, 0.05) is 31.0 Å². The van der Waals surface area contributed by atoms with Crippen LogP contribution in [-0.2, 0) is 4.79 Å². The van der Waals surface area contributed by atoms with E-state index in [2.05, 4.69) is 47.2 Å². The lowest BCUT2D eigenvalue weighted by Crippen LogP contribution is -2.33. The van der Waals surface area contributed by atoms with Crippen LogP contribution in [0.2, 0.25) is 0 Å². The second-order valence-corrected chi connectivity index (χ2v) is 8.90. The van der Waals surface area contributed by atoms with E-state index in [4.69, 9.17) is 0 Å². The van der Waals surface area contributed by atoms with Gasteiger partial charge in [-0.1, -0.05) is 42.8 Å². The normalized spacial score (nSPS) is 14.7. The highest BCUT2D eigenvalue weighted by Gasteiger charge is 2.17. The number of aryl methyl sites for hydroxylation is 2. The fraction of sp³-hybridized carbons (Fsp3) is 0.286. The molecule has 1 aliphatic heterocycles. The Morgan fingerprint density at radius 1 is 1.00 bits per heavy atom. The molecule has 0 bridgehead atoms. The Morgan fingerprint density at radius 2 is 1.81 bits per heavy atom. The first-order valence-electron chi connectivity index (χ1n) is 11.3. The van der Waals surface area contributed by atoms with Gasteiger partial charge in [0.05, 0.1) is 0 Å². The van der Waals surface area contributed by atoms with Gasteiger partial charge in [0.2, 0.25) is 5.91 Å². The van der Waals surface area contributed by atoms with E-state index in [0.29, 0.717) is 0 Å². The molecule has 1 fully saturated rings. The molecule has 1 aromatic heterocycles. The third-order valence-electron chi connectivity index (χ3n) is 6.00. The number of hydrogen-bond donors (Lipinski definition) is 1. The van der Waals surface area contributed by atoms with Crippen molar-refractivity contribution >= 4 is 23.5 Å². The van der Waals surface area contributed by atoms with E-state index in [1.165, 1.54) is 18.4 Å². The smallest absolute Gasteiger partial charge is 0.248 e. The van der Waals surface area contributed by atoms with Crippen molar-refractivity contribution in [2.75, 3.05) is 23.3 Å². The maximum Gasteiger partial charge on any atom is 0.248 e. The molecule has 4 nitrogen and oxygen atoms in total. The lowest BCUT2D eigenvalue weighted by atomic mass is 9.99. The molecule has 4 heteroatoms. The quantitative estimate of drug-likeness (QED) is 0.491. The second-order valence-electron chi connectivity index (χ2n) is 8.90. The summed E-state index contributed by atoms with van der Waals surface area (Å²) >= 11 is 0. The van der Waals surface area contributed by atoms with Crippen molar-refractivity contribution in [1.82, 2.24) is 4.98 Å². The molecule has 0 aliphatic carbocycles. The van der Waals surface area contributed by atoms with E-state index in [1.54, 1.807) is 6.08 Å². The molecule has 164 valence electrons. The third kappa shape index (κ3) is 5.64. The monoisotopic (exact) mass is 425 g/mol. The van der Waals surface area contributed by atoms with E-state index in [0.717, 1.165) is 52.8 Å². The van der Waals surface area contributed by atoms with Crippen LogP contribution in [0.25, 0.3) is 17.2 Å². The standard InChI is InChI=1S/C28H31N3O/c1-20-10-13-31(14-11-20)27-19-24(9-12-29-27)25-16-22(3)17-26(18-25)30-28(32)8-7-23-6-4-5-21(2)15-23/h4-9,12,15-20H,10-11,13-14H2,1-3H3,(H,30,32)/b8-7+. The van der Waals surface area contributed by atoms with Crippen LogP contribution < -0.4 is 10.2 Å². The van der Waals surface area contributed by atoms with Crippen molar-refractivity contribution in [2.45, 2.75) is 33.6 Å². The van der Waals surface area contributed by atoms with E-state index < -0.39 is 0 Å². The number of amides is 1. The average Bonchev–Trinajstić information content (AvgIpc) is 2.78. The molecule has 0 atom stereocenters. The molecule has 0 radical (unpaired) electrons. The van der Waals surface area contributed by atoms with Gasteiger partial charge in [-0.2, -0.15) is 0 Å². The minimum Gasteiger partial charge on any atom is -0.357 e. The van der Waals surface area contributed by atoms with Crippen LogP contribution in [-0.4, -0.2) is 24.0 Å². The first-order valence-corrected chi connectivity index (χ1v) is 11.3. The van der Waals surface area contributed by atoms with Gasteiger partial charge in [-0.05, 0) is 85.2 Å². The zero-order valence-electron chi connectivity index (χ0n) is 19.1. The predicted octanol–water partition coefficient (Wildman–Crippen LogP) is 6.25. The molecule has 0 saturated carbocycles. The van der Waals surface area contributed by atoms with Gasteiger partial charge in [0.25, 0.3) is 0 Å². The summed E-state index contributed by atoms with van der Waals surface area (Å²) in [6.07, 6.45) is 7.73. The second kappa shape index (κ2) is 9.82. The van der Waals surface area contributed by atoms with Crippen LogP contribution in [0.4, 0.5) is 11.5 Å². The zero-order chi connectivity index (χ0) is 22.5. The topological polar surface area (TPSA) is 45.2 Å². The van der Waals surface area contributed by atoms with Crippen molar-refractivity contribution in [3.05, 3.63) is 83.6 Å². The maximum atomic E-state index is 12.5. The molecule has 1 amide bonds. The highest BCUT2D eigenvalue weighted by atomic mass is 16.1. The van der Waals surface area contributed by atoms with Crippen LogP contribution in [0.3, 0.4) is 0 Å². The fourth-order valence-electron chi connectivity index (χ4n) is 4.16. The first-order chi connectivity index (χ1) is 15.5. The molecule has 2 aromatic carbocycles. The van der Waals surface area contributed by atoms with Gasteiger partial charge in [0.1, 0.15) is 5.82 Å². The van der Waals surface area contributed by atoms with Crippen molar-refractivity contribution in [1.29, 1.82) is 0 Å². The number of pyridine rings is 1. The Hall–Kier alpha value is -3.40. The molecule has 1 aliphatic rings. The third-order valence-corrected chi connectivity index (χ3v) is 6.00. The predicted molar refractivity (Wildman–Crippen MR) is 134 cm³/mol. The number of benzene rings is 2. The summed E-state index contributed by atoms with van der Waals surface area (Å²) in [5.41, 5.74) is 6.28. The first kappa shape index (κ1) is 21.8. The largest absolute Gasteiger partial charge is 0.357 e. The Bertz CT molecular complexity index is 1130. The molecular formula is C28H31N3O. The molecule has 32 heavy (non-hydrogen) atoms. The van der Waals surface area contributed by atoms with Crippen LogP contribution in [0.1, 0.15) is 36.5 Å². The minimum atomic E-state index is -0.138. The lowest BCUT2D eigenvalue weighted by Gasteiger charge is -2.31. The Labute approximate surface area is 191 Å². The number of aromatic nitrogens is 1. The van der Waals surface area contributed by atoms with Gasteiger partial charge < -0.3 is 10.2 Å². The van der Waals surface area contributed by atoms with Crippen molar-refractivity contribution in [3.8, 4) is 11.1 Å². The molecule has 2 heterocycles. The van der Waals surface area contributed by atoms with Gasteiger partial charge in [0.15, 0.2) is 0 Å². The Balaban J connectivity index is 1.50. The van der Waals surface area contributed by atoms with Crippen LogP contribution in [0, 0.1) is 19.8 Å². The van der Waals surface area contributed by atoms with Gasteiger partial charge in [-0.3, -0.25) is 4.79 Å². The number of nitrogens with zero attached hydrogens (tertiary/aromatic N) is 2.